The van der Waals surface area contributed by atoms with Crippen LogP contribution in [0.3, 0.4) is 0 Å². The normalized spacial score (nSPS) is 10.0. The maximum atomic E-state index is 11.9. The lowest BCUT2D eigenvalue weighted by molar-refractivity contribution is -0.120. The molecule has 0 aliphatic heterocycles. The molecule has 2 aromatic rings. The molecular formula is C18H17N3O4S2. The van der Waals surface area contributed by atoms with Gasteiger partial charge in [0, 0.05) is 24.9 Å². The van der Waals surface area contributed by atoms with Crippen LogP contribution >= 0.6 is 21.6 Å². The predicted molar refractivity (Wildman–Crippen MR) is 103 cm³/mol. The second kappa shape index (κ2) is 11.1. The van der Waals surface area contributed by atoms with Gasteiger partial charge in [0.05, 0.1) is 0 Å². The van der Waals surface area contributed by atoms with E-state index in [9.17, 15) is 14.7 Å². The van der Waals surface area contributed by atoms with E-state index in [1.165, 1.54) is 22.9 Å². The van der Waals surface area contributed by atoms with Crippen LogP contribution in [0.15, 0.2) is 47.6 Å². The van der Waals surface area contributed by atoms with Crippen LogP contribution in [0.4, 0.5) is 0 Å². The Morgan fingerprint density at radius 3 is 2.85 bits per heavy atom. The molecule has 0 fully saturated rings. The third-order valence-electron chi connectivity index (χ3n) is 3.23. The van der Waals surface area contributed by atoms with Gasteiger partial charge < -0.3 is 15.2 Å². The number of phenolic OH excluding ortho intramolecular Hbond substituents is 1. The minimum absolute atomic E-state index is 0.0247. The van der Waals surface area contributed by atoms with Gasteiger partial charge in [-0.15, -0.1) is 0 Å². The molecule has 1 amide bonds. The third-order valence-corrected chi connectivity index (χ3v) is 5.50. The van der Waals surface area contributed by atoms with Crippen LogP contribution in [-0.2, 0) is 16.1 Å². The van der Waals surface area contributed by atoms with Gasteiger partial charge in [0.1, 0.15) is 22.4 Å². The Morgan fingerprint density at radius 1 is 1.30 bits per heavy atom. The number of carbonyl (C=O) groups is 2. The molecule has 7 nitrogen and oxygen atoms in total. The highest BCUT2D eigenvalue weighted by Crippen LogP contribution is 2.29. The number of hydrogen-bond donors (Lipinski definition) is 2. The molecule has 2 N–H and O–H groups in total. The Balaban J connectivity index is 1.72. The van der Waals surface area contributed by atoms with Gasteiger partial charge in [-0.05, 0) is 40.6 Å². The van der Waals surface area contributed by atoms with Crippen molar-refractivity contribution in [2.45, 2.75) is 18.0 Å². The van der Waals surface area contributed by atoms with E-state index in [-0.39, 0.29) is 30.4 Å². The van der Waals surface area contributed by atoms with E-state index >= 15 is 0 Å². The molecule has 9 heteroatoms. The number of hydrogen-bond acceptors (Lipinski definition) is 8. The van der Waals surface area contributed by atoms with Crippen molar-refractivity contribution in [3.63, 3.8) is 0 Å². The Morgan fingerprint density at radius 2 is 2.15 bits per heavy atom. The fourth-order valence-electron chi connectivity index (χ4n) is 1.96. The number of aromatic hydroxyl groups is 1. The molecule has 0 saturated carbocycles. The van der Waals surface area contributed by atoms with Gasteiger partial charge in [-0.25, -0.2) is 9.78 Å². The number of ether oxygens (including phenoxy) is 1. The van der Waals surface area contributed by atoms with Crippen molar-refractivity contribution in [3.8, 4) is 11.8 Å². The van der Waals surface area contributed by atoms with Gasteiger partial charge in [0.25, 0.3) is 0 Å². The van der Waals surface area contributed by atoms with Crippen LogP contribution in [0.25, 0.3) is 0 Å². The van der Waals surface area contributed by atoms with Crippen LogP contribution in [0.5, 0.6) is 5.75 Å². The van der Waals surface area contributed by atoms with Crippen LogP contribution in [0, 0.1) is 11.3 Å². The highest BCUT2D eigenvalue weighted by molar-refractivity contribution is 8.76. The van der Waals surface area contributed by atoms with Gasteiger partial charge >= 0.3 is 5.97 Å². The molecule has 0 radical (unpaired) electrons. The summed E-state index contributed by atoms with van der Waals surface area (Å²) >= 11 is 0. The van der Waals surface area contributed by atoms with Crippen molar-refractivity contribution in [3.05, 3.63) is 53.7 Å². The number of nitrogens with zero attached hydrogens (tertiary/aromatic N) is 2. The van der Waals surface area contributed by atoms with Crippen molar-refractivity contribution in [2.75, 3.05) is 12.4 Å². The largest absolute Gasteiger partial charge is 0.507 e. The number of benzene rings is 1. The standard InChI is InChI=1S/C18H17N3O4S2/c19-7-9-25-18(24)14-5-4-13(11-15(14)22)12-21-16(23)6-10-26-27-17-3-1-2-8-20-17/h1-5,8,11,22H,6,9-10,12H2,(H,21,23). The van der Waals surface area contributed by atoms with Gasteiger partial charge in [-0.1, -0.05) is 22.9 Å². The molecule has 0 aliphatic carbocycles. The van der Waals surface area contributed by atoms with Crippen molar-refractivity contribution in [1.82, 2.24) is 10.3 Å². The van der Waals surface area contributed by atoms with E-state index in [1.54, 1.807) is 29.1 Å². The van der Waals surface area contributed by atoms with Crippen molar-refractivity contribution in [1.29, 1.82) is 5.26 Å². The fourth-order valence-corrected chi connectivity index (χ4v) is 3.83. The molecule has 140 valence electrons. The van der Waals surface area contributed by atoms with Crippen LogP contribution in [0.1, 0.15) is 22.3 Å². The molecule has 0 atom stereocenters. The highest BCUT2D eigenvalue weighted by atomic mass is 33.1. The molecule has 1 aromatic heterocycles. The fraction of sp³-hybridized carbons (Fsp3) is 0.222. The first-order valence-electron chi connectivity index (χ1n) is 7.93. The lowest BCUT2D eigenvalue weighted by Gasteiger charge is -2.08. The summed E-state index contributed by atoms with van der Waals surface area (Å²) in [4.78, 5) is 27.7. The first-order chi connectivity index (χ1) is 13.1. The number of rotatable bonds is 9. The Hall–Kier alpha value is -2.70. The summed E-state index contributed by atoms with van der Waals surface area (Å²) in [6.45, 7) is -0.148. The van der Waals surface area contributed by atoms with Crippen LogP contribution in [0.2, 0.25) is 0 Å². The van der Waals surface area contributed by atoms with E-state index in [0.29, 0.717) is 17.7 Å². The highest BCUT2D eigenvalue weighted by Gasteiger charge is 2.13. The maximum absolute atomic E-state index is 11.9. The molecule has 0 bridgehead atoms. The van der Waals surface area contributed by atoms with E-state index in [4.69, 9.17) is 5.26 Å². The summed E-state index contributed by atoms with van der Waals surface area (Å²) in [6.07, 6.45) is 2.08. The molecule has 1 heterocycles. The van der Waals surface area contributed by atoms with Gasteiger partial charge in [0.15, 0.2) is 6.61 Å². The minimum atomic E-state index is -0.771. The quantitative estimate of drug-likeness (QED) is 0.373. The van der Waals surface area contributed by atoms with Crippen LogP contribution in [-0.4, -0.2) is 34.3 Å². The molecule has 27 heavy (non-hydrogen) atoms. The van der Waals surface area contributed by atoms with E-state index < -0.39 is 5.97 Å². The van der Waals surface area contributed by atoms with E-state index in [2.05, 4.69) is 15.0 Å². The molecule has 0 saturated heterocycles. The maximum Gasteiger partial charge on any atom is 0.342 e. The minimum Gasteiger partial charge on any atom is -0.507 e. The molecular weight excluding hydrogens is 386 g/mol. The zero-order chi connectivity index (χ0) is 19.5. The summed E-state index contributed by atoms with van der Waals surface area (Å²) in [6, 6.07) is 11.7. The number of carbonyl (C=O) groups excluding carboxylic acids is 2. The average molecular weight is 403 g/mol. The summed E-state index contributed by atoms with van der Waals surface area (Å²) in [5.74, 6) is -0.498. The number of phenols is 1. The number of esters is 1. The average Bonchev–Trinajstić information content (AvgIpc) is 2.68. The molecule has 0 spiro atoms. The van der Waals surface area contributed by atoms with Crippen molar-refractivity contribution < 1.29 is 19.4 Å². The van der Waals surface area contributed by atoms with E-state index in [0.717, 1.165) is 5.03 Å². The first-order valence-corrected chi connectivity index (χ1v) is 10.2. The number of amides is 1. The summed E-state index contributed by atoms with van der Waals surface area (Å²) < 4.78 is 4.64. The number of nitriles is 1. The van der Waals surface area contributed by atoms with E-state index in [1.807, 2.05) is 18.2 Å². The summed E-state index contributed by atoms with van der Waals surface area (Å²) in [7, 11) is 3.07. The topological polar surface area (TPSA) is 112 Å². The third kappa shape index (κ3) is 7.21. The summed E-state index contributed by atoms with van der Waals surface area (Å²) in [5.41, 5.74) is 0.622. The zero-order valence-electron chi connectivity index (χ0n) is 14.3. The molecule has 0 aliphatic rings. The SMILES string of the molecule is N#CCOC(=O)c1ccc(CNC(=O)CCSSc2ccccn2)cc1O. The number of nitrogens with one attached hydrogen (secondary N) is 1. The Bertz CT molecular complexity index is 825. The van der Waals surface area contributed by atoms with Gasteiger partial charge in [-0.3, -0.25) is 4.79 Å². The lowest BCUT2D eigenvalue weighted by Crippen LogP contribution is -2.23. The van der Waals surface area contributed by atoms with Crippen LogP contribution < -0.4 is 5.32 Å². The lowest BCUT2D eigenvalue weighted by atomic mass is 10.1. The van der Waals surface area contributed by atoms with Gasteiger partial charge in [-0.2, -0.15) is 5.26 Å². The van der Waals surface area contributed by atoms with Gasteiger partial charge in [0.2, 0.25) is 5.91 Å². The number of pyridine rings is 1. The second-order valence-corrected chi connectivity index (χ2v) is 7.62. The Labute approximate surface area is 164 Å². The first kappa shape index (κ1) is 20.6. The molecule has 2 rings (SSSR count). The molecule has 1 aromatic carbocycles. The smallest absolute Gasteiger partial charge is 0.342 e. The Kier molecular flexibility index (Phi) is 8.48. The van der Waals surface area contributed by atoms with Crippen molar-refractivity contribution >= 4 is 33.5 Å². The summed E-state index contributed by atoms with van der Waals surface area (Å²) in [5, 5.41) is 22.0. The predicted octanol–water partition coefficient (Wildman–Crippen LogP) is 2.91. The number of aromatic nitrogens is 1. The monoisotopic (exact) mass is 403 g/mol. The molecule has 0 unspecified atom stereocenters. The zero-order valence-corrected chi connectivity index (χ0v) is 15.9. The second-order valence-electron chi connectivity index (χ2n) is 5.19. The van der Waals surface area contributed by atoms with Crippen molar-refractivity contribution in [2.24, 2.45) is 0 Å².